The molecule has 4 heteroatoms. The Labute approximate surface area is 146 Å². The zero-order valence-corrected chi connectivity index (χ0v) is 14.1. The SMILES string of the molecule is COc1ccc2cc(CNC(=O)CCc3ccccc3F)ccc2c1. The summed E-state index contributed by atoms with van der Waals surface area (Å²) in [6, 6.07) is 18.5. The summed E-state index contributed by atoms with van der Waals surface area (Å²) < 4.78 is 18.8. The molecule has 0 unspecified atom stereocenters. The smallest absolute Gasteiger partial charge is 0.220 e. The Balaban J connectivity index is 1.56. The summed E-state index contributed by atoms with van der Waals surface area (Å²) in [7, 11) is 1.65. The van der Waals surface area contributed by atoms with E-state index in [-0.39, 0.29) is 18.1 Å². The van der Waals surface area contributed by atoms with Crippen LogP contribution in [0.15, 0.2) is 60.7 Å². The maximum atomic E-state index is 13.6. The van der Waals surface area contributed by atoms with Crippen LogP contribution < -0.4 is 10.1 Å². The molecule has 0 aliphatic rings. The molecule has 0 spiro atoms. The van der Waals surface area contributed by atoms with Crippen LogP contribution in [0.4, 0.5) is 4.39 Å². The van der Waals surface area contributed by atoms with Crippen molar-refractivity contribution in [1.29, 1.82) is 0 Å². The monoisotopic (exact) mass is 337 g/mol. The molecule has 128 valence electrons. The van der Waals surface area contributed by atoms with Crippen LogP contribution in [0.2, 0.25) is 0 Å². The number of benzene rings is 3. The van der Waals surface area contributed by atoms with E-state index in [0.29, 0.717) is 18.5 Å². The average Bonchev–Trinajstić information content (AvgIpc) is 2.65. The number of hydrogen-bond acceptors (Lipinski definition) is 2. The minimum absolute atomic E-state index is 0.0851. The normalized spacial score (nSPS) is 10.6. The van der Waals surface area contributed by atoms with E-state index in [1.54, 1.807) is 25.3 Å². The third-order valence-electron chi connectivity index (χ3n) is 4.18. The van der Waals surface area contributed by atoms with Crippen molar-refractivity contribution in [1.82, 2.24) is 5.32 Å². The highest BCUT2D eigenvalue weighted by atomic mass is 19.1. The molecule has 1 N–H and O–H groups in total. The van der Waals surface area contributed by atoms with Gasteiger partial charge in [-0.25, -0.2) is 4.39 Å². The number of aryl methyl sites for hydroxylation is 1. The molecule has 3 aromatic carbocycles. The van der Waals surface area contributed by atoms with Gasteiger partial charge < -0.3 is 10.1 Å². The number of methoxy groups -OCH3 is 1. The van der Waals surface area contributed by atoms with Crippen LogP contribution in [-0.2, 0) is 17.8 Å². The quantitative estimate of drug-likeness (QED) is 0.731. The molecule has 0 heterocycles. The lowest BCUT2D eigenvalue weighted by molar-refractivity contribution is -0.121. The topological polar surface area (TPSA) is 38.3 Å². The molecule has 0 radical (unpaired) electrons. The summed E-state index contributed by atoms with van der Waals surface area (Å²) in [4.78, 5) is 12.0. The summed E-state index contributed by atoms with van der Waals surface area (Å²) in [6.07, 6.45) is 0.668. The number of carbonyl (C=O) groups excluding carboxylic acids is 1. The van der Waals surface area contributed by atoms with E-state index < -0.39 is 0 Å². The van der Waals surface area contributed by atoms with Gasteiger partial charge in [0.05, 0.1) is 7.11 Å². The second-order valence-electron chi connectivity index (χ2n) is 5.92. The number of amides is 1. The van der Waals surface area contributed by atoms with Gasteiger partial charge in [0.1, 0.15) is 11.6 Å². The highest BCUT2D eigenvalue weighted by Crippen LogP contribution is 2.21. The molecule has 3 rings (SSSR count). The molecule has 3 nitrogen and oxygen atoms in total. The Hall–Kier alpha value is -2.88. The minimum atomic E-state index is -0.264. The van der Waals surface area contributed by atoms with Crippen LogP contribution in [0, 0.1) is 5.82 Å². The summed E-state index contributed by atoms with van der Waals surface area (Å²) >= 11 is 0. The fraction of sp³-hybridized carbons (Fsp3) is 0.190. The number of rotatable bonds is 6. The van der Waals surface area contributed by atoms with Gasteiger partial charge in [-0.15, -0.1) is 0 Å². The Morgan fingerprint density at radius 3 is 2.60 bits per heavy atom. The van der Waals surface area contributed by atoms with E-state index in [1.165, 1.54) is 6.07 Å². The molecule has 0 aromatic heterocycles. The largest absolute Gasteiger partial charge is 0.497 e. The molecule has 0 aliphatic carbocycles. The van der Waals surface area contributed by atoms with Crippen molar-refractivity contribution in [2.75, 3.05) is 7.11 Å². The van der Waals surface area contributed by atoms with Crippen molar-refractivity contribution in [3.05, 3.63) is 77.6 Å². The van der Waals surface area contributed by atoms with Crippen LogP contribution in [0.1, 0.15) is 17.5 Å². The zero-order chi connectivity index (χ0) is 17.6. The van der Waals surface area contributed by atoms with E-state index in [1.807, 2.05) is 36.4 Å². The van der Waals surface area contributed by atoms with Crippen molar-refractivity contribution < 1.29 is 13.9 Å². The molecule has 3 aromatic rings. The van der Waals surface area contributed by atoms with Gasteiger partial charge in [0, 0.05) is 13.0 Å². The molecular weight excluding hydrogens is 317 g/mol. The lowest BCUT2D eigenvalue weighted by atomic mass is 10.1. The number of nitrogens with one attached hydrogen (secondary N) is 1. The van der Waals surface area contributed by atoms with Crippen LogP contribution >= 0.6 is 0 Å². The van der Waals surface area contributed by atoms with Gasteiger partial charge in [-0.1, -0.05) is 36.4 Å². The second kappa shape index (κ2) is 7.79. The molecule has 1 amide bonds. The van der Waals surface area contributed by atoms with Gasteiger partial charge in [-0.2, -0.15) is 0 Å². The van der Waals surface area contributed by atoms with Gasteiger partial charge in [0.25, 0.3) is 0 Å². The average molecular weight is 337 g/mol. The van der Waals surface area contributed by atoms with Crippen LogP contribution in [0.25, 0.3) is 10.8 Å². The summed E-state index contributed by atoms with van der Waals surface area (Å²) in [5.41, 5.74) is 1.59. The summed E-state index contributed by atoms with van der Waals surface area (Å²) in [5.74, 6) is 0.472. The molecule has 25 heavy (non-hydrogen) atoms. The Morgan fingerprint density at radius 1 is 1.04 bits per heavy atom. The number of fused-ring (bicyclic) bond motifs is 1. The molecular formula is C21H20FNO2. The maximum Gasteiger partial charge on any atom is 0.220 e. The highest BCUT2D eigenvalue weighted by Gasteiger charge is 2.06. The third kappa shape index (κ3) is 4.35. The van der Waals surface area contributed by atoms with Gasteiger partial charge >= 0.3 is 0 Å². The standard InChI is InChI=1S/C21H20FNO2/c1-25-19-10-8-17-12-15(6-7-18(17)13-19)14-23-21(24)11-9-16-4-2-3-5-20(16)22/h2-8,10,12-13H,9,11,14H2,1H3,(H,23,24). The van der Waals surface area contributed by atoms with E-state index >= 15 is 0 Å². The number of hydrogen-bond donors (Lipinski definition) is 1. The molecule has 0 saturated carbocycles. The highest BCUT2D eigenvalue weighted by molar-refractivity contribution is 5.84. The van der Waals surface area contributed by atoms with E-state index in [0.717, 1.165) is 22.1 Å². The first-order valence-corrected chi connectivity index (χ1v) is 8.22. The molecule has 0 bridgehead atoms. The minimum Gasteiger partial charge on any atom is -0.497 e. The van der Waals surface area contributed by atoms with Gasteiger partial charge in [-0.05, 0) is 52.6 Å². The summed E-state index contributed by atoms with van der Waals surface area (Å²) in [5, 5.41) is 5.08. The number of ether oxygens (including phenoxy) is 1. The van der Waals surface area contributed by atoms with Gasteiger partial charge in [-0.3, -0.25) is 4.79 Å². The van der Waals surface area contributed by atoms with Crippen LogP contribution in [0.3, 0.4) is 0 Å². The van der Waals surface area contributed by atoms with Gasteiger partial charge in [0.2, 0.25) is 5.91 Å². The fourth-order valence-electron chi connectivity index (χ4n) is 2.75. The number of carbonyl (C=O) groups is 1. The molecule has 0 fully saturated rings. The van der Waals surface area contributed by atoms with E-state index in [9.17, 15) is 9.18 Å². The third-order valence-corrected chi connectivity index (χ3v) is 4.18. The first-order valence-electron chi connectivity index (χ1n) is 8.22. The predicted octanol–water partition coefficient (Wildman–Crippen LogP) is 4.24. The molecule has 0 aliphatic heterocycles. The first-order chi connectivity index (χ1) is 12.2. The zero-order valence-electron chi connectivity index (χ0n) is 14.1. The lowest BCUT2D eigenvalue weighted by Gasteiger charge is -2.08. The number of halogens is 1. The fourth-order valence-corrected chi connectivity index (χ4v) is 2.75. The predicted molar refractivity (Wildman–Crippen MR) is 97.1 cm³/mol. The van der Waals surface area contributed by atoms with Crippen molar-refractivity contribution in [2.24, 2.45) is 0 Å². The Kier molecular flexibility index (Phi) is 5.29. The van der Waals surface area contributed by atoms with Crippen molar-refractivity contribution in [2.45, 2.75) is 19.4 Å². The molecule has 0 saturated heterocycles. The Bertz CT molecular complexity index is 892. The van der Waals surface area contributed by atoms with E-state index in [2.05, 4.69) is 5.32 Å². The Morgan fingerprint density at radius 2 is 1.80 bits per heavy atom. The first kappa shape index (κ1) is 17.0. The van der Waals surface area contributed by atoms with Crippen molar-refractivity contribution >= 4 is 16.7 Å². The van der Waals surface area contributed by atoms with Crippen LogP contribution in [-0.4, -0.2) is 13.0 Å². The maximum absolute atomic E-state index is 13.6. The lowest BCUT2D eigenvalue weighted by Crippen LogP contribution is -2.23. The van der Waals surface area contributed by atoms with Crippen LogP contribution in [0.5, 0.6) is 5.75 Å². The van der Waals surface area contributed by atoms with Crippen molar-refractivity contribution in [3.63, 3.8) is 0 Å². The second-order valence-corrected chi connectivity index (χ2v) is 5.92. The van der Waals surface area contributed by atoms with Gasteiger partial charge in [0.15, 0.2) is 0 Å². The van der Waals surface area contributed by atoms with Crippen molar-refractivity contribution in [3.8, 4) is 5.75 Å². The summed E-state index contributed by atoms with van der Waals surface area (Å²) in [6.45, 7) is 0.456. The molecule has 0 atom stereocenters. The van der Waals surface area contributed by atoms with E-state index in [4.69, 9.17) is 4.74 Å².